The first-order valence-corrected chi connectivity index (χ1v) is 6.98. The van der Waals surface area contributed by atoms with Crippen LogP contribution in [0.3, 0.4) is 0 Å². The summed E-state index contributed by atoms with van der Waals surface area (Å²) in [7, 11) is -4.08. The molecule has 0 aliphatic heterocycles. The number of carbonyl (C=O) groups excluding carboxylic acids is 1. The SMILES string of the molecule is CCS(=O)(=O)N(CC(=O)NN)c1cc(F)c(F)cc1F. The molecule has 0 aliphatic rings. The summed E-state index contributed by atoms with van der Waals surface area (Å²) in [4.78, 5) is 11.2. The maximum Gasteiger partial charge on any atom is 0.254 e. The Balaban J connectivity index is 3.38. The van der Waals surface area contributed by atoms with Crippen molar-refractivity contribution >= 4 is 21.6 Å². The Hall–Kier alpha value is -1.81. The average Bonchev–Trinajstić information content (AvgIpc) is 2.40. The van der Waals surface area contributed by atoms with Crippen LogP contribution in [0.2, 0.25) is 0 Å². The first kappa shape index (κ1) is 16.2. The van der Waals surface area contributed by atoms with Crippen LogP contribution in [0, 0.1) is 17.5 Å². The van der Waals surface area contributed by atoms with Gasteiger partial charge < -0.3 is 0 Å². The van der Waals surface area contributed by atoms with Gasteiger partial charge in [0.05, 0.1) is 11.4 Å². The molecule has 0 aromatic heterocycles. The van der Waals surface area contributed by atoms with E-state index in [0.717, 1.165) is 0 Å². The number of nitrogens with two attached hydrogens (primary N) is 1. The standard InChI is InChI=1S/C10H12F3N3O3S/c1-2-20(18,19)16(5-10(17)15-14)9-4-7(12)6(11)3-8(9)13/h3-4H,2,5,14H2,1H3,(H,15,17). The van der Waals surface area contributed by atoms with Gasteiger partial charge in [-0.2, -0.15) is 0 Å². The Kier molecular flexibility index (Phi) is 4.95. The van der Waals surface area contributed by atoms with Gasteiger partial charge in [-0.25, -0.2) is 27.4 Å². The summed E-state index contributed by atoms with van der Waals surface area (Å²) in [6, 6.07) is 0.560. The number of anilines is 1. The number of hydrazine groups is 1. The maximum atomic E-state index is 13.6. The van der Waals surface area contributed by atoms with Gasteiger partial charge in [-0.3, -0.25) is 14.5 Å². The number of amides is 1. The summed E-state index contributed by atoms with van der Waals surface area (Å²) in [5.74, 6) is -0.804. The van der Waals surface area contributed by atoms with Crippen LogP contribution in [0.15, 0.2) is 12.1 Å². The fraction of sp³-hybridized carbons (Fsp3) is 0.300. The highest BCUT2D eigenvalue weighted by Gasteiger charge is 2.27. The molecule has 1 aromatic rings. The van der Waals surface area contributed by atoms with Crippen LogP contribution in [0.1, 0.15) is 6.92 Å². The molecule has 0 saturated carbocycles. The number of hydrogen-bond acceptors (Lipinski definition) is 4. The molecule has 1 rings (SSSR count). The van der Waals surface area contributed by atoms with Gasteiger partial charge in [-0.15, -0.1) is 0 Å². The third-order valence-corrected chi connectivity index (χ3v) is 4.13. The summed E-state index contributed by atoms with van der Waals surface area (Å²) in [5.41, 5.74) is 0.902. The highest BCUT2D eigenvalue weighted by atomic mass is 32.2. The molecule has 1 amide bonds. The molecule has 0 bridgehead atoms. The molecule has 0 atom stereocenters. The highest BCUT2D eigenvalue weighted by Crippen LogP contribution is 2.25. The molecule has 0 aliphatic carbocycles. The Morgan fingerprint density at radius 1 is 1.25 bits per heavy atom. The number of hydrogen-bond donors (Lipinski definition) is 2. The minimum atomic E-state index is -4.08. The van der Waals surface area contributed by atoms with Crippen LogP contribution in [-0.4, -0.2) is 26.6 Å². The minimum absolute atomic E-state index is 0.198. The van der Waals surface area contributed by atoms with Crippen LogP contribution in [0.4, 0.5) is 18.9 Å². The maximum absolute atomic E-state index is 13.6. The van der Waals surface area contributed by atoms with Gasteiger partial charge in [0.2, 0.25) is 10.0 Å². The number of sulfonamides is 1. The van der Waals surface area contributed by atoms with Crippen molar-refractivity contribution in [1.82, 2.24) is 5.43 Å². The van der Waals surface area contributed by atoms with Crippen LogP contribution < -0.4 is 15.6 Å². The second-order valence-electron chi connectivity index (χ2n) is 3.69. The molecule has 20 heavy (non-hydrogen) atoms. The quantitative estimate of drug-likeness (QED) is 0.353. The van der Waals surface area contributed by atoms with Crippen LogP contribution in [0.25, 0.3) is 0 Å². The summed E-state index contributed by atoms with van der Waals surface area (Å²) < 4.78 is 63.6. The van der Waals surface area contributed by atoms with Gasteiger partial charge >= 0.3 is 0 Å². The number of carbonyl (C=O) groups is 1. The molecule has 112 valence electrons. The lowest BCUT2D eigenvalue weighted by atomic mass is 10.3. The highest BCUT2D eigenvalue weighted by molar-refractivity contribution is 7.92. The fourth-order valence-corrected chi connectivity index (χ4v) is 2.43. The van der Waals surface area contributed by atoms with Crippen molar-refractivity contribution in [2.75, 3.05) is 16.6 Å². The molecular formula is C10H12F3N3O3S. The lowest BCUT2D eigenvalue weighted by molar-refractivity contribution is -0.119. The van der Waals surface area contributed by atoms with Gasteiger partial charge in [0, 0.05) is 12.1 Å². The number of benzene rings is 1. The van der Waals surface area contributed by atoms with Crippen LogP contribution in [-0.2, 0) is 14.8 Å². The number of halogens is 3. The summed E-state index contributed by atoms with van der Waals surface area (Å²) in [6.45, 7) is 0.398. The van der Waals surface area contributed by atoms with E-state index in [0.29, 0.717) is 10.4 Å². The third kappa shape index (κ3) is 3.39. The molecule has 0 fully saturated rings. The predicted molar refractivity (Wildman–Crippen MR) is 65.5 cm³/mol. The fourth-order valence-electron chi connectivity index (χ4n) is 1.37. The first-order chi connectivity index (χ1) is 9.22. The second kappa shape index (κ2) is 6.09. The molecule has 0 radical (unpaired) electrons. The number of nitrogens with one attached hydrogen (secondary N) is 1. The van der Waals surface area contributed by atoms with E-state index in [1.165, 1.54) is 6.92 Å². The van der Waals surface area contributed by atoms with Crippen molar-refractivity contribution in [3.8, 4) is 0 Å². The zero-order valence-corrected chi connectivity index (χ0v) is 11.2. The van der Waals surface area contributed by atoms with E-state index in [2.05, 4.69) is 0 Å². The summed E-state index contributed by atoms with van der Waals surface area (Å²) in [5, 5.41) is 0. The van der Waals surface area contributed by atoms with Crippen molar-refractivity contribution in [2.45, 2.75) is 6.92 Å². The molecule has 0 spiro atoms. The van der Waals surface area contributed by atoms with E-state index >= 15 is 0 Å². The van der Waals surface area contributed by atoms with E-state index in [9.17, 15) is 26.4 Å². The molecule has 10 heteroatoms. The molecule has 0 heterocycles. The van der Waals surface area contributed by atoms with Crippen molar-refractivity contribution in [3.63, 3.8) is 0 Å². The number of rotatable bonds is 5. The van der Waals surface area contributed by atoms with Gasteiger partial charge in [-0.05, 0) is 6.92 Å². The molecule has 0 unspecified atom stereocenters. The third-order valence-electron chi connectivity index (χ3n) is 2.41. The van der Waals surface area contributed by atoms with Gasteiger partial charge in [-0.1, -0.05) is 0 Å². The van der Waals surface area contributed by atoms with Crippen molar-refractivity contribution in [1.29, 1.82) is 0 Å². The van der Waals surface area contributed by atoms with E-state index in [1.54, 1.807) is 5.43 Å². The Bertz CT molecular complexity index is 622. The summed E-state index contributed by atoms with van der Waals surface area (Å²) >= 11 is 0. The molecular weight excluding hydrogens is 299 g/mol. The first-order valence-electron chi connectivity index (χ1n) is 5.37. The zero-order valence-electron chi connectivity index (χ0n) is 10.4. The molecule has 0 saturated heterocycles. The van der Waals surface area contributed by atoms with E-state index in [-0.39, 0.29) is 6.07 Å². The van der Waals surface area contributed by atoms with Crippen molar-refractivity contribution < 1.29 is 26.4 Å². The molecule has 3 N–H and O–H groups in total. The normalized spacial score (nSPS) is 11.2. The zero-order chi connectivity index (χ0) is 15.5. The largest absolute Gasteiger partial charge is 0.293 e. The summed E-state index contributed by atoms with van der Waals surface area (Å²) in [6.07, 6.45) is 0. The topological polar surface area (TPSA) is 92.5 Å². The van der Waals surface area contributed by atoms with Gasteiger partial charge in [0.15, 0.2) is 17.5 Å². The average molecular weight is 311 g/mol. The molecule has 6 nitrogen and oxygen atoms in total. The van der Waals surface area contributed by atoms with E-state index in [1.807, 2.05) is 0 Å². The minimum Gasteiger partial charge on any atom is -0.293 e. The molecule has 1 aromatic carbocycles. The van der Waals surface area contributed by atoms with E-state index < -0.39 is 51.4 Å². The Labute approximate surface area is 113 Å². The smallest absolute Gasteiger partial charge is 0.254 e. The van der Waals surface area contributed by atoms with Gasteiger partial charge in [0.25, 0.3) is 5.91 Å². The lowest BCUT2D eigenvalue weighted by Gasteiger charge is -2.23. The van der Waals surface area contributed by atoms with Crippen molar-refractivity contribution in [2.24, 2.45) is 5.84 Å². The van der Waals surface area contributed by atoms with Crippen molar-refractivity contribution in [3.05, 3.63) is 29.6 Å². The second-order valence-corrected chi connectivity index (χ2v) is 5.87. The monoisotopic (exact) mass is 311 g/mol. The lowest BCUT2D eigenvalue weighted by Crippen LogP contribution is -2.44. The van der Waals surface area contributed by atoms with Crippen LogP contribution in [0.5, 0.6) is 0 Å². The predicted octanol–water partition coefficient (Wildman–Crippen LogP) is 0.250. The number of nitrogens with zero attached hydrogens (tertiary/aromatic N) is 1. The van der Waals surface area contributed by atoms with E-state index in [4.69, 9.17) is 5.84 Å². The Morgan fingerprint density at radius 3 is 2.30 bits per heavy atom. The van der Waals surface area contributed by atoms with Gasteiger partial charge in [0.1, 0.15) is 6.54 Å². The Morgan fingerprint density at radius 2 is 1.80 bits per heavy atom. The van der Waals surface area contributed by atoms with Crippen LogP contribution >= 0.6 is 0 Å².